The van der Waals surface area contributed by atoms with E-state index in [0.29, 0.717) is 0 Å². The first kappa shape index (κ1) is 41.9. The maximum atomic E-state index is 5.55. The third-order valence-electron chi connectivity index (χ3n) is 14.6. The molecule has 0 atom stereocenters. The highest BCUT2D eigenvalue weighted by Gasteiger charge is 2.29. The summed E-state index contributed by atoms with van der Waals surface area (Å²) in [7, 11) is 0. The standard InChI is InChI=1S/C64H38N12/c1-5-17-39(18-6-1)73-57(69-51-25-13-33-65-61(51)73)46-32-31-44-48(58-70-52-26-14-34-66-62(52)74(58)40-19-7-2-8-20-40)37-47-50(60-72-54-28-16-36-68-64(54)76(60)42-23-11-4-12-24-42)38-49(45-30-29-43(46)55(44)56(45)47)59-71-53-27-15-35-67-63(53)75(59)41-21-9-3-10-22-41/h1-38H. The van der Waals surface area contributed by atoms with Crippen molar-refractivity contribution in [1.82, 2.24) is 58.1 Å². The summed E-state index contributed by atoms with van der Waals surface area (Å²) in [4.78, 5) is 41.8. The lowest BCUT2D eigenvalue weighted by atomic mass is 9.85. The van der Waals surface area contributed by atoms with Crippen molar-refractivity contribution in [3.05, 3.63) is 231 Å². The van der Waals surface area contributed by atoms with Gasteiger partial charge in [0.2, 0.25) is 0 Å². The summed E-state index contributed by atoms with van der Waals surface area (Å²) in [5.74, 6) is 2.99. The lowest BCUT2D eigenvalue weighted by Gasteiger charge is -2.22. The van der Waals surface area contributed by atoms with E-state index >= 15 is 0 Å². The van der Waals surface area contributed by atoms with Crippen LogP contribution in [-0.4, -0.2) is 58.1 Å². The molecule has 354 valence electrons. The van der Waals surface area contributed by atoms with Crippen molar-refractivity contribution in [2.75, 3.05) is 0 Å². The van der Waals surface area contributed by atoms with E-state index in [1.807, 2.05) is 97.6 Å². The van der Waals surface area contributed by atoms with Crippen molar-refractivity contribution in [1.29, 1.82) is 0 Å². The molecule has 0 aliphatic carbocycles. The first-order chi connectivity index (χ1) is 37.7. The molecule has 8 aromatic carbocycles. The van der Waals surface area contributed by atoms with E-state index in [4.69, 9.17) is 39.9 Å². The third-order valence-corrected chi connectivity index (χ3v) is 14.6. The number of pyridine rings is 4. The van der Waals surface area contributed by atoms with Crippen molar-refractivity contribution in [2.24, 2.45) is 0 Å². The second kappa shape index (κ2) is 16.4. The van der Waals surface area contributed by atoms with E-state index in [-0.39, 0.29) is 0 Å². The minimum Gasteiger partial charge on any atom is -0.277 e. The second-order valence-corrected chi connectivity index (χ2v) is 18.8. The fourth-order valence-electron chi connectivity index (χ4n) is 11.4. The quantitative estimate of drug-likeness (QED) is 0.138. The summed E-state index contributed by atoms with van der Waals surface area (Å²) in [6.45, 7) is 0. The van der Waals surface area contributed by atoms with Gasteiger partial charge >= 0.3 is 0 Å². The number of rotatable bonds is 8. The van der Waals surface area contributed by atoms with Crippen LogP contribution in [0.5, 0.6) is 0 Å². The van der Waals surface area contributed by atoms with Gasteiger partial charge < -0.3 is 0 Å². The Morgan fingerprint density at radius 1 is 0.237 bits per heavy atom. The summed E-state index contributed by atoms with van der Waals surface area (Å²) >= 11 is 0. The Labute approximate surface area is 432 Å². The molecule has 8 heterocycles. The molecule has 0 fully saturated rings. The van der Waals surface area contributed by atoms with Crippen LogP contribution in [0.15, 0.2) is 231 Å². The smallest absolute Gasteiger partial charge is 0.164 e. The van der Waals surface area contributed by atoms with Crippen LogP contribution in [0.4, 0.5) is 0 Å². The maximum absolute atomic E-state index is 5.55. The number of imidazole rings is 4. The highest BCUT2D eigenvalue weighted by molar-refractivity contribution is 6.32. The summed E-state index contributed by atoms with van der Waals surface area (Å²) in [6.07, 6.45) is 7.33. The average Bonchev–Trinajstić information content (AvgIpc) is 4.37. The first-order valence-corrected chi connectivity index (χ1v) is 25.1. The van der Waals surface area contributed by atoms with E-state index in [2.05, 4.69) is 152 Å². The predicted molar refractivity (Wildman–Crippen MR) is 302 cm³/mol. The zero-order valence-corrected chi connectivity index (χ0v) is 40.3. The Kier molecular flexibility index (Phi) is 9.03. The number of fused-ring (bicyclic) bond motifs is 4. The lowest BCUT2D eigenvalue weighted by Crippen LogP contribution is -2.04. The van der Waals surface area contributed by atoms with Crippen LogP contribution >= 0.6 is 0 Å². The molecule has 0 saturated heterocycles. The molecule has 12 nitrogen and oxygen atoms in total. The van der Waals surface area contributed by atoms with Gasteiger partial charge in [-0.25, -0.2) is 39.9 Å². The van der Waals surface area contributed by atoms with Gasteiger partial charge in [-0.2, -0.15) is 0 Å². The second-order valence-electron chi connectivity index (χ2n) is 18.8. The number of hydrogen-bond acceptors (Lipinski definition) is 8. The molecule has 0 saturated carbocycles. The topological polar surface area (TPSA) is 123 Å². The molecule has 0 N–H and O–H groups in total. The maximum Gasteiger partial charge on any atom is 0.164 e. The Morgan fingerprint density at radius 2 is 0.526 bits per heavy atom. The van der Waals surface area contributed by atoms with Crippen molar-refractivity contribution in [2.45, 2.75) is 0 Å². The van der Waals surface area contributed by atoms with E-state index < -0.39 is 0 Å². The molecular weight excluding hydrogens is 937 g/mol. The fraction of sp³-hybridized carbons (Fsp3) is 0. The average molecular weight is 975 g/mol. The van der Waals surface area contributed by atoms with Crippen LogP contribution in [0.25, 0.3) is 145 Å². The molecule has 76 heavy (non-hydrogen) atoms. The number of nitrogens with zero attached hydrogens (tertiary/aromatic N) is 12. The van der Waals surface area contributed by atoms with E-state index in [1.54, 1.807) is 0 Å². The van der Waals surface area contributed by atoms with Gasteiger partial charge in [0, 0.05) is 69.8 Å². The van der Waals surface area contributed by atoms with Gasteiger partial charge in [-0.05, 0) is 148 Å². The van der Waals surface area contributed by atoms with Crippen LogP contribution < -0.4 is 0 Å². The highest BCUT2D eigenvalue weighted by Crippen LogP contribution is 2.50. The molecule has 16 rings (SSSR count). The van der Waals surface area contributed by atoms with Gasteiger partial charge in [-0.1, -0.05) is 91.0 Å². The van der Waals surface area contributed by atoms with Crippen molar-refractivity contribution in [3.8, 4) is 68.3 Å². The largest absolute Gasteiger partial charge is 0.277 e. The SMILES string of the molecule is c1ccc(-n2c(-c3ccc4c(-c5nc6cccnc6n5-c5ccccc5)cc5c(-c6nc7cccnc7n6-c6ccccc6)cc(-c6nc7cccnc7n6-c6ccccc6)c6ccc3c4c65)nc3cccnc32)cc1. The number of aromatic nitrogens is 12. The molecule has 16 aromatic rings. The lowest BCUT2D eigenvalue weighted by molar-refractivity contribution is 1.07. The molecule has 0 amide bonds. The Balaban J connectivity index is 1.12. The summed E-state index contributed by atoms with van der Waals surface area (Å²) in [5.41, 5.74) is 13.6. The molecule has 0 aliphatic rings. The number of benzene rings is 8. The van der Waals surface area contributed by atoms with Gasteiger partial charge in [-0.3, -0.25) is 18.3 Å². The van der Waals surface area contributed by atoms with Crippen LogP contribution in [0.3, 0.4) is 0 Å². The summed E-state index contributed by atoms with van der Waals surface area (Å²) in [5, 5.41) is 6.05. The molecule has 0 bridgehead atoms. The number of para-hydroxylation sites is 4. The zero-order valence-electron chi connectivity index (χ0n) is 40.3. The van der Waals surface area contributed by atoms with Gasteiger partial charge in [0.05, 0.1) is 0 Å². The van der Waals surface area contributed by atoms with Crippen molar-refractivity contribution in [3.63, 3.8) is 0 Å². The molecule has 0 radical (unpaired) electrons. The zero-order chi connectivity index (χ0) is 49.8. The van der Waals surface area contributed by atoms with Crippen LogP contribution in [0.1, 0.15) is 0 Å². The molecular formula is C64H38N12. The molecule has 12 heteroatoms. The highest BCUT2D eigenvalue weighted by atomic mass is 15.2. The third kappa shape index (κ3) is 6.18. The van der Waals surface area contributed by atoms with Crippen molar-refractivity contribution >= 4 is 77.0 Å². The van der Waals surface area contributed by atoms with Gasteiger partial charge in [-0.15, -0.1) is 0 Å². The van der Waals surface area contributed by atoms with Crippen molar-refractivity contribution < 1.29 is 0 Å². The van der Waals surface area contributed by atoms with Gasteiger partial charge in [0.1, 0.15) is 45.4 Å². The number of hydrogen-bond donors (Lipinski definition) is 0. The minimum atomic E-state index is 0.723. The van der Waals surface area contributed by atoms with Crippen LogP contribution in [0.2, 0.25) is 0 Å². The monoisotopic (exact) mass is 974 g/mol. The van der Waals surface area contributed by atoms with Crippen LogP contribution in [0, 0.1) is 0 Å². The molecule has 8 aromatic heterocycles. The molecule has 0 unspecified atom stereocenters. The minimum absolute atomic E-state index is 0.723. The van der Waals surface area contributed by atoms with Crippen LogP contribution in [-0.2, 0) is 0 Å². The Hall–Kier alpha value is -10.7. The molecule has 0 spiro atoms. The molecule has 0 aliphatic heterocycles. The van der Waals surface area contributed by atoms with Gasteiger partial charge in [0.25, 0.3) is 0 Å². The van der Waals surface area contributed by atoms with E-state index in [1.165, 1.54) is 0 Å². The summed E-state index contributed by atoms with van der Waals surface area (Å²) < 4.78 is 8.70. The fourth-order valence-corrected chi connectivity index (χ4v) is 11.4. The normalized spacial score (nSPS) is 11.9. The first-order valence-electron chi connectivity index (χ1n) is 25.1. The van der Waals surface area contributed by atoms with E-state index in [9.17, 15) is 0 Å². The Bertz CT molecular complexity index is 4900. The summed E-state index contributed by atoms with van der Waals surface area (Å²) in [6, 6.07) is 70.9. The van der Waals surface area contributed by atoms with E-state index in [0.717, 1.165) is 145 Å². The Morgan fingerprint density at radius 3 is 0.895 bits per heavy atom. The predicted octanol–water partition coefficient (Wildman–Crippen LogP) is 14.2. The van der Waals surface area contributed by atoms with Gasteiger partial charge in [0.15, 0.2) is 22.6 Å².